The molecular formula is C4H3Br2F5. The van der Waals surface area contributed by atoms with Crippen molar-refractivity contribution in [1.29, 1.82) is 0 Å². The zero-order valence-corrected chi connectivity index (χ0v) is 8.10. The first-order chi connectivity index (χ1) is 4.72. The van der Waals surface area contributed by atoms with Crippen LogP contribution in [0.25, 0.3) is 0 Å². The van der Waals surface area contributed by atoms with E-state index in [-0.39, 0.29) is 0 Å². The second-order valence-corrected chi connectivity index (χ2v) is 3.68. The van der Waals surface area contributed by atoms with E-state index < -0.39 is 22.3 Å². The van der Waals surface area contributed by atoms with Gasteiger partial charge in [-0.2, -0.15) is 13.2 Å². The van der Waals surface area contributed by atoms with Crippen molar-refractivity contribution in [2.75, 3.05) is 5.33 Å². The predicted octanol–water partition coefficient (Wildman–Crippen LogP) is 3.34. The van der Waals surface area contributed by atoms with E-state index in [1.165, 1.54) is 0 Å². The minimum Gasteiger partial charge on any atom is -0.233 e. The third-order valence-corrected chi connectivity index (χ3v) is 3.09. The highest BCUT2D eigenvalue weighted by Crippen LogP contribution is 2.38. The largest absolute Gasteiger partial charge is 0.423 e. The van der Waals surface area contributed by atoms with Crippen LogP contribution in [0.2, 0.25) is 0 Å². The molecule has 0 N–H and O–H groups in total. The summed E-state index contributed by atoms with van der Waals surface area (Å²) in [6.45, 7) is 0. The topological polar surface area (TPSA) is 0 Å². The lowest BCUT2D eigenvalue weighted by atomic mass is 10.3. The molecule has 2 atom stereocenters. The number of hydrogen-bond donors (Lipinski definition) is 0. The van der Waals surface area contributed by atoms with Crippen LogP contribution in [-0.4, -0.2) is 22.3 Å². The van der Waals surface area contributed by atoms with Gasteiger partial charge in [0.25, 0.3) is 0 Å². The van der Waals surface area contributed by atoms with Gasteiger partial charge < -0.3 is 0 Å². The maximum Gasteiger partial charge on any atom is 0.423 e. The average molecular weight is 306 g/mol. The second kappa shape index (κ2) is 3.55. The zero-order valence-electron chi connectivity index (χ0n) is 4.93. The van der Waals surface area contributed by atoms with Gasteiger partial charge in [0, 0.05) is 0 Å². The van der Waals surface area contributed by atoms with Crippen molar-refractivity contribution in [3.05, 3.63) is 0 Å². The van der Waals surface area contributed by atoms with E-state index in [1.807, 2.05) is 15.9 Å². The Hall–Kier alpha value is 0.610. The summed E-state index contributed by atoms with van der Waals surface area (Å²) in [5.74, 6) is 0. The van der Waals surface area contributed by atoms with E-state index in [0.717, 1.165) is 0 Å². The van der Waals surface area contributed by atoms with Crippen molar-refractivity contribution in [1.82, 2.24) is 0 Å². The first kappa shape index (κ1) is 11.6. The van der Waals surface area contributed by atoms with Crippen LogP contribution in [0.4, 0.5) is 22.0 Å². The molecule has 0 aliphatic heterocycles. The fourth-order valence-electron chi connectivity index (χ4n) is 0.307. The molecule has 0 heterocycles. The Bertz CT molecular complexity index is 131. The van der Waals surface area contributed by atoms with Crippen LogP contribution in [0.15, 0.2) is 0 Å². The third kappa shape index (κ3) is 3.23. The molecule has 0 aromatic carbocycles. The summed E-state index contributed by atoms with van der Waals surface area (Å²) in [4.78, 5) is 0. The van der Waals surface area contributed by atoms with Gasteiger partial charge in [-0.15, -0.1) is 0 Å². The first-order valence-corrected chi connectivity index (χ1v) is 4.28. The maximum absolute atomic E-state index is 12.5. The Labute approximate surface area is 76.4 Å². The minimum atomic E-state index is -5.17. The van der Waals surface area contributed by atoms with Crippen molar-refractivity contribution >= 4 is 31.9 Å². The molecule has 0 bridgehead atoms. The summed E-state index contributed by atoms with van der Waals surface area (Å²) in [7, 11) is 0. The van der Waals surface area contributed by atoms with Gasteiger partial charge in [-0.1, -0.05) is 15.9 Å². The monoisotopic (exact) mass is 304 g/mol. The molecule has 68 valence electrons. The van der Waals surface area contributed by atoms with Gasteiger partial charge in [0.15, 0.2) is 0 Å². The minimum absolute atomic E-state index is 0.763. The highest BCUT2D eigenvalue weighted by Gasteiger charge is 2.53. The smallest absolute Gasteiger partial charge is 0.233 e. The van der Waals surface area contributed by atoms with Crippen LogP contribution < -0.4 is 0 Å². The number of hydrogen-bond acceptors (Lipinski definition) is 0. The lowest BCUT2D eigenvalue weighted by molar-refractivity contribution is -0.197. The van der Waals surface area contributed by atoms with Crippen LogP contribution in [0.1, 0.15) is 0 Å². The number of alkyl halides is 7. The van der Waals surface area contributed by atoms with Crippen molar-refractivity contribution in [3.8, 4) is 0 Å². The first-order valence-electron chi connectivity index (χ1n) is 2.36. The Morgan fingerprint density at radius 1 is 1.18 bits per heavy atom. The highest BCUT2D eigenvalue weighted by molar-refractivity contribution is 9.12. The molecule has 0 amide bonds. The maximum atomic E-state index is 12.5. The van der Waals surface area contributed by atoms with Crippen molar-refractivity contribution in [2.24, 2.45) is 0 Å². The third-order valence-electron chi connectivity index (χ3n) is 0.836. The standard InChI is InChI=1S/C4H3Br2F5/c5-1-3(6,8)2(7)4(9,10)11/h2H,1H2. The van der Waals surface area contributed by atoms with Crippen molar-refractivity contribution in [3.63, 3.8) is 0 Å². The average Bonchev–Trinajstić information content (AvgIpc) is 1.84. The Balaban J connectivity index is 4.35. The molecule has 0 aromatic rings. The van der Waals surface area contributed by atoms with Gasteiger partial charge in [0.05, 0.1) is 5.33 Å². The second-order valence-electron chi connectivity index (χ2n) is 1.80. The molecule has 0 fully saturated rings. The predicted molar refractivity (Wildman–Crippen MR) is 37.5 cm³/mol. The lowest BCUT2D eigenvalue weighted by Gasteiger charge is -2.21. The van der Waals surface area contributed by atoms with Gasteiger partial charge in [0.1, 0.15) is 0 Å². The van der Waals surface area contributed by atoms with Crippen LogP contribution in [0, 0.1) is 0 Å². The Morgan fingerprint density at radius 3 is 1.64 bits per heavy atom. The fraction of sp³-hybridized carbons (Fsp3) is 1.00. The molecule has 0 saturated heterocycles. The Morgan fingerprint density at radius 2 is 1.55 bits per heavy atom. The molecule has 0 aliphatic carbocycles. The van der Waals surface area contributed by atoms with Crippen molar-refractivity contribution < 1.29 is 22.0 Å². The molecule has 0 spiro atoms. The molecule has 0 nitrogen and oxygen atoms in total. The molecule has 0 saturated carbocycles. The molecular weight excluding hydrogens is 303 g/mol. The quantitative estimate of drug-likeness (QED) is 0.542. The van der Waals surface area contributed by atoms with Gasteiger partial charge in [0.2, 0.25) is 10.7 Å². The van der Waals surface area contributed by atoms with Gasteiger partial charge in [-0.05, 0) is 15.9 Å². The van der Waals surface area contributed by atoms with Gasteiger partial charge in [-0.3, -0.25) is 0 Å². The SMILES string of the molecule is FC(C(F)(F)F)C(F)(Br)CBr. The van der Waals surface area contributed by atoms with Crippen LogP contribution in [-0.2, 0) is 0 Å². The summed E-state index contributed by atoms with van der Waals surface area (Å²) < 4.78 is 55.9. The molecule has 0 rings (SSSR count). The number of rotatable bonds is 2. The molecule has 7 heteroatoms. The summed E-state index contributed by atoms with van der Waals surface area (Å²) in [6.07, 6.45) is -8.69. The summed E-state index contributed by atoms with van der Waals surface area (Å²) in [5.41, 5.74) is 0. The van der Waals surface area contributed by atoms with Gasteiger partial charge >= 0.3 is 6.18 Å². The fourth-order valence-corrected chi connectivity index (χ4v) is 0.851. The van der Waals surface area contributed by atoms with Crippen molar-refractivity contribution in [2.45, 2.75) is 16.9 Å². The molecule has 0 aliphatic rings. The normalized spacial score (nSPS) is 21.0. The summed E-state index contributed by atoms with van der Waals surface area (Å²) in [6, 6.07) is 0. The molecule has 11 heavy (non-hydrogen) atoms. The van der Waals surface area contributed by atoms with Gasteiger partial charge in [-0.25, -0.2) is 8.78 Å². The van der Waals surface area contributed by atoms with E-state index in [1.54, 1.807) is 0 Å². The lowest BCUT2D eigenvalue weighted by Crippen LogP contribution is -2.41. The Kier molecular flexibility index (Phi) is 3.75. The highest BCUT2D eigenvalue weighted by atomic mass is 79.9. The van der Waals surface area contributed by atoms with E-state index in [2.05, 4.69) is 15.9 Å². The van der Waals surface area contributed by atoms with Crippen LogP contribution >= 0.6 is 31.9 Å². The number of halogens is 7. The summed E-state index contributed by atoms with van der Waals surface area (Å²) >= 11 is 4.38. The van der Waals surface area contributed by atoms with E-state index in [0.29, 0.717) is 0 Å². The van der Waals surface area contributed by atoms with Crippen LogP contribution in [0.3, 0.4) is 0 Å². The zero-order chi connectivity index (χ0) is 9.28. The van der Waals surface area contributed by atoms with E-state index in [9.17, 15) is 22.0 Å². The van der Waals surface area contributed by atoms with Crippen LogP contribution in [0.5, 0.6) is 0 Å². The molecule has 0 radical (unpaired) electrons. The summed E-state index contributed by atoms with van der Waals surface area (Å²) in [5, 5.41) is -0.763. The van der Waals surface area contributed by atoms with E-state index in [4.69, 9.17) is 0 Å². The van der Waals surface area contributed by atoms with E-state index >= 15 is 0 Å². The molecule has 0 aromatic heterocycles. The molecule has 2 unspecified atom stereocenters.